The SMILES string of the molecule is CC(C)[C@@H]1CC[C@@]2(C)C[C@H]3[C@@H](C)CC[C@@H]3[C@](C)(O)C/C=C/12. The summed E-state index contributed by atoms with van der Waals surface area (Å²) in [5.41, 5.74) is 1.61. The Kier molecular flexibility index (Phi) is 3.80. The van der Waals surface area contributed by atoms with Gasteiger partial charge in [-0.2, -0.15) is 0 Å². The van der Waals surface area contributed by atoms with Crippen molar-refractivity contribution in [1.82, 2.24) is 0 Å². The summed E-state index contributed by atoms with van der Waals surface area (Å²) >= 11 is 0. The normalized spacial score (nSPS) is 52.8. The fourth-order valence-corrected chi connectivity index (χ4v) is 5.90. The summed E-state index contributed by atoms with van der Waals surface area (Å²) in [5, 5.41) is 11.1. The number of fused-ring (bicyclic) bond motifs is 2. The van der Waals surface area contributed by atoms with Gasteiger partial charge in [0, 0.05) is 0 Å². The van der Waals surface area contributed by atoms with Gasteiger partial charge in [0.05, 0.1) is 5.60 Å². The van der Waals surface area contributed by atoms with Gasteiger partial charge >= 0.3 is 0 Å². The highest BCUT2D eigenvalue weighted by Crippen LogP contribution is 2.58. The molecule has 0 aliphatic heterocycles. The second-order valence-electron chi connectivity index (χ2n) is 9.20. The Balaban J connectivity index is 1.98. The molecule has 0 aromatic rings. The molecule has 3 rings (SSSR count). The first-order valence-corrected chi connectivity index (χ1v) is 9.17. The number of aliphatic hydroxyl groups is 1. The third kappa shape index (κ3) is 2.50. The van der Waals surface area contributed by atoms with E-state index in [0.29, 0.717) is 11.3 Å². The van der Waals surface area contributed by atoms with Gasteiger partial charge in [0.2, 0.25) is 0 Å². The van der Waals surface area contributed by atoms with E-state index < -0.39 is 5.60 Å². The van der Waals surface area contributed by atoms with Crippen LogP contribution in [0.1, 0.15) is 73.1 Å². The largest absolute Gasteiger partial charge is 0.390 e. The lowest BCUT2D eigenvalue weighted by Crippen LogP contribution is -2.41. The van der Waals surface area contributed by atoms with Crippen molar-refractivity contribution in [1.29, 1.82) is 0 Å². The van der Waals surface area contributed by atoms with Crippen LogP contribution in [0.4, 0.5) is 0 Å². The van der Waals surface area contributed by atoms with Crippen molar-refractivity contribution < 1.29 is 5.11 Å². The zero-order chi connectivity index (χ0) is 15.4. The van der Waals surface area contributed by atoms with Gasteiger partial charge in [-0.05, 0) is 74.0 Å². The number of hydrogen-bond donors (Lipinski definition) is 1. The lowest BCUT2D eigenvalue weighted by atomic mass is 9.64. The van der Waals surface area contributed by atoms with Crippen molar-refractivity contribution in [2.75, 3.05) is 0 Å². The van der Waals surface area contributed by atoms with E-state index >= 15 is 0 Å². The Hall–Kier alpha value is -0.300. The molecule has 2 fully saturated rings. The molecule has 0 spiro atoms. The van der Waals surface area contributed by atoms with Crippen LogP contribution >= 0.6 is 0 Å². The maximum atomic E-state index is 11.1. The highest BCUT2D eigenvalue weighted by Gasteiger charge is 2.51. The van der Waals surface area contributed by atoms with Crippen molar-refractivity contribution >= 4 is 0 Å². The van der Waals surface area contributed by atoms with Crippen LogP contribution in [0.15, 0.2) is 11.6 Å². The molecule has 1 heteroatoms. The lowest BCUT2D eigenvalue weighted by molar-refractivity contribution is -0.0293. The van der Waals surface area contributed by atoms with Crippen molar-refractivity contribution in [3.8, 4) is 0 Å². The molecule has 120 valence electrons. The predicted octanol–water partition coefficient (Wildman–Crippen LogP) is 5.19. The van der Waals surface area contributed by atoms with Gasteiger partial charge in [0.25, 0.3) is 0 Å². The Morgan fingerprint density at radius 2 is 1.90 bits per heavy atom. The fourth-order valence-electron chi connectivity index (χ4n) is 5.90. The van der Waals surface area contributed by atoms with E-state index in [4.69, 9.17) is 0 Å². The number of hydrogen-bond acceptors (Lipinski definition) is 1. The topological polar surface area (TPSA) is 20.2 Å². The van der Waals surface area contributed by atoms with Gasteiger partial charge in [-0.15, -0.1) is 0 Å². The summed E-state index contributed by atoms with van der Waals surface area (Å²) in [6.45, 7) is 11.8. The second-order valence-corrected chi connectivity index (χ2v) is 9.20. The van der Waals surface area contributed by atoms with Crippen molar-refractivity contribution in [2.45, 2.75) is 78.7 Å². The summed E-state index contributed by atoms with van der Waals surface area (Å²) in [6, 6.07) is 0. The monoisotopic (exact) mass is 290 g/mol. The maximum Gasteiger partial charge on any atom is 0.0684 e. The molecule has 0 aromatic carbocycles. The molecule has 6 atom stereocenters. The molecule has 0 unspecified atom stereocenters. The molecular weight excluding hydrogens is 256 g/mol. The Morgan fingerprint density at radius 1 is 1.19 bits per heavy atom. The van der Waals surface area contributed by atoms with E-state index in [0.717, 1.165) is 30.1 Å². The van der Waals surface area contributed by atoms with Gasteiger partial charge in [-0.25, -0.2) is 0 Å². The number of rotatable bonds is 1. The molecule has 21 heavy (non-hydrogen) atoms. The smallest absolute Gasteiger partial charge is 0.0684 e. The van der Waals surface area contributed by atoms with Crippen molar-refractivity contribution in [3.63, 3.8) is 0 Å². The van der Waals surface area contributed by atoms with E-state index in [2.05, 4.69) is 40.7 Å². The lowest BCUT2D eigenvalue weighted by Gasteiger charge is -2.43. The number of allylic oxidation sites excluding steroid dienone is 1. The first kappa shape index (κ1) is 15.6. The molecule has 3 aliphatic carbocycles. The molecule has 0 aromatic heterocycles. The van der Waals surface area contributed by atoms with E-state index in [-0.39, 0.29) is 0 Å². The third-order valence-corrected chi connectivity index (χ3v) is 7.31. The zero-order valence-corrected chi connectivity index (χ0v) is 14.7. The van der Waals surface area contributed by atoms with Crippen molar-refractivity contribution in [2.24, 2.45) is 35.0 Å². The van der Waals surface area contributed by atoms with E-state index in [1.165, 1.54) is 32.1 Å². The molecular formula is C20H34O. The summed E-state index contributed by atoms with van der Waals surface area (Å²) in [4.78, 5) is 0. The first-order chi connectivity index (χ1) is 9.74. The van der Waals surface area contributed by atoms with Crippen molar-refractivity contribution in [3.05, 3.63) is 11.6 Å². The zero-order valence-electron chi connectivity index (χ0n) is 14.7. The van der Waals surface area contributed by atoms with Crippen LogP contribution in [0.25, 0.3) is 0 Å². The molecule has 1 N–H and O–H groups in total. The summed E-state index contributed by atoms with van der Waals surface area (Å²) in [5.74, 6) is 3.51. The highest BCUT2D eigenvalue weighted by molar-refractivity contribution is 5.25. The van der Waals surface area contributed by atoms with Crippen LogP contribution in [-0.4, -0.2) is 10.7 Å². The average molecular weight is 290 g/mol. The minimum atomic E-state index is -0.492. The summed E-state index contributed by atoms with van der Waals surface area (Å²) in [7, 11) is 0. The Bertz CT molecular complexity index is 433. The molecule has 0 amide bonds. The molecule has 0 bridgehead atoms. The van der Waals surface area contributed by atoms with Crippen LogP contribution in [0, 0.1) is 35.0 Å². The van der Waals surface area contributed by atoms with Crippen LogP contribution < -0.4 is 0 Å². The van der Waals surface area contributed by atoms with Gasteiger partial charge in [-0.3, -0.25) is 0 Å². The highest BCUT2D eigenvalue weighted by atomic mass is 16.3. The van der Waals surface area contributed by atoms with E-state index in [1.54, 1.807) is 5.57 Å². The molecule has 1 nitrogen and oxygen atoms in total. The Labute approximate surface area is 131 Å². The maximum absolute atomic E-state index is 11.1. The van der Waals surface area contributed by atoms with Gasteiger partial charge in [0.15, 0.2) is 0 Å². The second kappa shape index (κ2) is 5.11. The van der Waals surface area contributed by atoms with E-state index in [9.17, 15) is 5.11 Å². The van der Waals surface area contributed by atoms with E-state index in [1.807, 2.05) is 0 Å². The molecule has 0 saturated heterocycles. The van der Waals surface area contributed by atoms with Crippen LogP contribution in [0.2, 0.25) is 0 Å². The van der Waals surface area contributed by atoms with Crippen LogP contribution in [0.3, 0.4) is 0 Å². The van der Waals surface area contributed by atoms with Crippen LogP contribution in [0.5, 0.6) is 0 Å². The standard InChI is InChI=1S/C20H34O/c1-13(2)15-8-10-19(4)12-16-14(3)6-7-18(16)20(5,21)11-9-17(15)19/h9,13-16,18,21H,6-8,10-12H2,1-5H3/b17-9-/t14-,15-,16-,18-,19-,20+/m0/s1. The Morgan fingerprint density at radius 3 is 2.57 bits per heavy atom. The summed E-state index contributed by atoms with van der Waals surface area (Å²) in [6.07, 6.45) is 9.89. The van der Waals surface area contributed by atoms with Gasteiger partial charge in [0.1, 0.15) is 0 Å². The molecule has 2 saturated carbocycles. The van der Waals surface area contributed by atoms with Crippen LogP contribution in [-0.2, 0) is 0 Å². The third-order valence-electron chi connectivity index (χ3n) is 7.31. The molecule has 0 radical (unpaired) electrons. The minimum absolute atomic E-state index is 0.410. The van der Waals surface area contributed by atoms with Gasteiger partial charge < -0.3 is 5.11 Å². The quantitative estimate of drug-likeness (QED) is 0.659. The molecule has 0 heterocycles. The minimum Gasteiger partial charge on any atom is -0.390 e. The summed E-state index contributed by atoms with van der Waals surface area (Å²) < 4.78 is 0. The fraction of sp³-hybridized carbons (Fsp3) is 0.900. The average Bonchev–Trinajstić information content (AvgIpc) is 2.89. The predicted molar refractivity (Wildman–Crippen MR) is 89.0 cm³/mol. The van der Waals surface area contributed by atoms with Gasteiger partial charge in [-0.1, -0.05) is 45.8 Å². The molecule has 3 aliphatic rings. The first-order valence-electron chi connectivity index (χ1n) is 9.17.